The molecule has 3 rings (SSSR count). The molecule has 11 heteroatoms. The molecular formula is C18H22Cl2N3O4S2+. The molecule has 0 bridgehead atoms. The van der Waals surface area contributed by atoms with Gasteiger partial charge in [0.05, 0.1) is 49.1 Å². The van der Waals surface area contributed by atoms with Crippen LogP contribution in [-0.2, 0) is 20.0 Å². The van der Waals surface area contributed by atoms with Gasteiger partial charge >= 0.3 is 0 Å². The summed E-state index contributed by atoms with van der Waals surface area (Å²) in [5.41, 5.74) is 0. The first kappa shape index (κ1) is 22.5. The van der Waals surface area contributed by atoms with Crippen molar-refractivity contribution in [3.05, 3.63) is 58.6 Å². The van der Waals surface area contributed by atoms with Crippen molar-refractivity contribution < 1.29 is 21.7 Å². The van der Waals surface area contributed by atoms with Crippen LogP contribution < -0.4 is 9.62 Å². The van der Waals surface area contributed by atoms with E-state index in [4.69, 9.17) is 23.2 Å². The Morgan fingerprint density at radius 1 is 0.828 bits per heavy atom. The summed E-state index contributed by atoms with van der Waals surface area (Å²) in [4.78, 5) is 1.53. The molecule has 0 saturated carbocycles. The van der Waals surface area contributed by atoms with E-state index in [2.05, 4.69) is 4.72 Å². The Kier molecular flexibility index (Phi) is 7.21. The van der Waals surface area contributed by atoms with Crippen LogP contribution in [-0.4, -0.2) is 60.4 Å². The Morgan fingerprint density at radius 3 is 1.83 bits per heavy atom. The molecule has 0 amide bonds. The van der Waals surface area contributed by atoms with Gasteiger partial charge in [-0.05, 0) is 48.5 Å². The molecule has 1 aliphatic heterocycles. The molecule has 0 atom stereocenters. The summed E-state index contributed by atoms with van der Waals surface area (Å²) in [5.74, 6) is 0. The van der Waals surface area contributed by atoms with Gasteiger partial charge in [0.25, 0.3) is 0 Å². The molecule has 0 unspecified atom stereocenters. The Hall–Kier alpha value is -1.20. The van der Waals surface area contributed by atoms with Crippen LogP contribution in [0.1, 0.15) is 0 Å². The van der Waals surface area contributed by atoms with Gasteiger partial charge in [0.2, 0.25) is 20.0 Å². The summed E-state index contributed by atoms with van der Waals surface area (Å²) in [5, 5.41) is 0.957. The lowest BCUT2D eigenvalue weighted by molar-refractivity contribution is -0.902. The third kappa shape index (κ3) is 5.69. The molecule has 1 aliphatic rings. The van der Waals surface area contributed by atoms with Crippen LogP contribution in [0.2, 0.25) is 10.0 Å². The minimum absolute atomic E-state index is 0.163. The van der Waals surface area contributed by atoms with Crippen molar-refractivity contribution in [1.29, 1.82) is 0 Å². The summed E-state index contributed by atoms with van der Waals surface area (Å²) in [7, 11) is -7.14. The number of quaternary nitrogens is 1. The molecule has 7 nitrogen and oxygen atoms in total. The molecule has 1 saturated heterocycles. The van der Waals surface area contributed by atoms with E-state index in [9.17, 15) is 16.8 Å². The molecule has 2 aromatic rings. The fourth-order valence-electron chi connectivity index (χ4n) is 3.11. The Labute approximate surface area is 181 Å². The molecule has 2 aromatic carbocycles. The maximum absolute atomic E-state index is 12.7. The predicted molar refractivity (Wildman–Crippen MR) is 112 cm³/mol. The maximum atomic E-state index is 12.7. The average Bonchev–Trinajstić information content (AvgIpc) is 2.69. The smallest absolute Gasteiger partial charge is 0.243 e. The van der Waals surface area contributed by atoms with Crippen LogP contribution in [0.3, 0.4) is 0 Å². The van der Waals surface area contributed by atoms with E-state index in [0.717, 1.165) is 4.90 Å². The lowest BCUT2D eigenvalue weighted by Crippen LogP contribution is -3.15. The second-order valence-corrected chi connectivity index (χ2v) is 11.3. The quantitative estimate of drug-likeness (QED) is 0.617. The highest BCUT2D eigenvalue weighted by Crippen LogP contribution is 2.18. The van der Waals surface area contributed by atoms with Crippen LogP contribution in [0.15, 0.2) is 58.3 Å². The van der Waals surface area contributed by atoms with Crippen LogP contribution in [0, 0.1) is 0 Å². The van der Waals surface area contributed by atoms with Gasteiger partial charge in [-0.1, -0.05) is 23.2 Å². The number of hydrogen-bond acceptors (Lipinski definition) is 4. The van der Waals surface area contributed by atoms with Gasteiger partial charge in [-0.3, -0.25) is 0 Å². The topological polar surface area (TPSA) is 88.0 Å². The van der Waals surface area contributed by atoms with Gasteiger partial charge < -0.3 is 4.90 Å². The molecular weight excluding hydrogens is 457 g/mol. The zero-order valence-corrected chi connectivity index (χ0v) is 18.7. The molecule has 29 heavy (non-hydrogen) atoms. The van der Waals surface area contributed by atoms with Crippen LogP contribution in [0.4, 0.5) is 0 Å². The standard InChI is InChI=1S/C18H21Cl2N3O4S2/c19-15-1-5-17(6-2-15)28(24,25)21-9-10-22-11-13-23(14-12-22)29(26,27)18-7-3-16(20)4-8-18/h1-8,21H,9-14H2/p+1. The fraction of sp³-hybridized carbons (Fsp3) is 0.333. The van der Waals surface area contributed by atoms with Gasteiger partial charge in [-0.15, -0.1) is 0 Å². The van der Waals surface area contributed by atoms with Crippen molar-refractivity contribution in [2.75, 3.05) is 39.3 Å². The Bertz CT molecular complexity index is 1030. The maximum Gasteiger partial charge on any atom is 0.243 e. The number of halogens is 2. The molecule has 0 aliphatic carbocycles. The summed E-state index contributed by atoms with van der Waals surface area (Å²) in [6, 6.07) is 12.1. The summed E-state index contributed by atoms with van der Waals surface area (Å²) >= 11 is 11.6. The first-order valence-electron chi connectivity index (χ1n) is 9.03. The second kappa shape index (κ2) is 9.30. The van der Waals surface area contributed by atoms with Gasteiger partial charge in [-0.25, -0.2) is 21.6 Å². The van der Waals surface area contributed by atoms with E-state index < -0.39 is 20.0 Å². The number of sulfonamides is 2. The van der Waals surface area contributed by atoms with Crippen molar-refractivity contribution in [3.63, 3.8) is 0 Å². The van der Waals surface area contributed by atoms with Crippen LogP contribution in [0.5, 0.6) is 0 Å². The number of nitrogens with one attached hydrogen (secondary N) is 2. The highest BCUT2D eigenvalue weighted by atomic mass is 35.5. The number of rotatable bonds is 7. The van der Waals surface area contributed by atoms with Crippen molar-refractivity contribution in [3.8, 4) is 0 Å². The van der Waals surface area contributed by atoms with E-state index in [-0.39, 0.29) is 16.3 Å². The first-order valence-corrected chi connectivity index (χ1v) is 12.7. The molecule has 2 N–H and O–H groups in total. The number of benzene rings is 2. The third-order valence-electron chi connectivity index (χ3n) is 4.78. The molecule has 0 radical (unpaired) electrons. The first-order chi connectivity index (χ1) is 13.7. The van der Waals surface area contributed by atoms with Gasteiger partial charge in [-0.2, -0.15) is 4.31 Å². The number of hydrogen-bond donors (Lipinski definition) is 2. The molecule has 0 spiro atoms. The minimum Gasteiger partial charge on any atom is -0.332 e. The van der Waals surface area contributed by atoms with E-state index in [1.54, 1.807) is 12.1 Å². The van der Waals surface area contributed by atoms with Crippen molar-refractivity contribution >= 4 is 43.2 Å². The molecule has 1 fully saturated rings. The normalized spacial score (nSPS) is 16.8. The molecule has 1 heterocycles. The van der Waals surface area contributed by atoms with Gasteiger partial charge in [0.15, 0.2) is 0 Å². The zero-order valence-electron chi connectivity index (χ0n) is 15.5. The Balaban J connectivity index is 1.50. The van der Waals surface area contributed by atoms with E-state index in [0.29, 0.717) is 42.8 Å². The SMILES string of the molecule is O=S(=O)(NCC[NH+]1CCN(S(=O)(=O)c2ccc(Cl)cc2)CC1)c1ccc(Cl)cc1. The highest BCUT2D eigenvalue weighted by Gasteiger charge is 2.30. The zero-order chi connectivity index (χ0) is 21.1. The molecule has 0 aromatic heterocycles. The predicted octanol–water partition coefficient (Wildman–Crippen LogP) is 0.861. The fourth-order valence-corrected chi connectivity index (χ4v) is 5.83. The van der Waals surface area contributed by atoms with Crippen molar-refractivity contribution in [2.24, 2.45) is 0 Å². The summed E-state index contributed by atoms with van der Waals surface area (Å²) < 4.78 is 54.0. The monoisotopic (exact) mass is 478 g/mol. The molecule has 158 valence electrons. The van der Waals surface area contributed by atoms with Gasteiger partial charge in [0, 0.05) is 10.0 Å². The number of piperazine rings is 1. The van der Waals surface area contributed by atoms with Crippen LogP contribution >= 0.6 is 23.2 Å². The lowest BCUT2D eigenvalue weighted by atomic mass is 10.3. The third-order valence-corrected chi connectivity index (χ3v) is 8.67. The average molecular weight is 479 g/mol. The van der Waals surface area contributed by atoms with E-state index in [1.165, 1.54) is 40.7 Å². The summed E-state index contributed by atoms with van der Waals surface area (Å²) in [6.07, 6.45) is 0. The van der Waals surface area contributed by atoms with Crippen LogP contribution in [0.25, 0.3) is 0 Å². The van der Waals surface area contributed by atoms with Gasteiger partial charge in [0.1, 0.15) is 0 Å². The lowest BCUT2D eigenvalue weighted by Gasteiger charge is -2.31. The highest BCUT2D eigenvalue weighted by molar-refractivity contribution is 7.89. The summed E-state index contributed by atoms with van der Waals surface area (Å²) in [6.45, 7) is 2.81. The van der Waals surface area contributed by atoms with Crippen molar-refractivity contribution in [1.82, 2.24) is 9.03 Å². The Morgan fingerprint density at radius 2 is 1.31 bits per heavy atom. The van der Waals surface area contributed by atoms with Crippen molar-refractivity contribution in [2.45, 2.75) is 9.79 Å². The second-order valence-electron chi connectivity index (χ2n) is 6.71. The number of nitrogens with zero attached hydrogens (tertiary/aromatic N) is 1. The van der Waals surface area contributed by atoms with E-state index in [1.807, 2.05) is 0 Å². The largest absolute Gasteiger partial charge is 0.332 e. The minimum atomic E-state index is -3.59. The van der Waals surface area contributed by atoms with E-state index >= 15 is 0 Å².